The Bertz CT molecular complexity index is 880. The molecule has 0 unspecified atom stereocenters. The highest BCUT2D eigenvalue weighted by Gasteiger charge is 2.25. The number of carbonyl (C=O) groups is 1. The van der Waals surface area contributed by atoms with Crippen LogP contribution in [-0.2, 0) is 6.54 Å². The third-order valence-corrected chi connectivity index (χ3v) is 5.05. The van der Waals surface area contributed by atoms with Crippen LogP contribution in [0.5, 0.6) is 0 Å². The molecule has 4 rings (SSSR count). The van der Waals surface area contributed by atoms with Gasteiger partial charge in [-0.1, -0.05) is 18.2 Å². The number of pyridine rings is 1. The summed E-state index contributed by atoms with van der Waals surface area (Å²) in [7, 11) is 0. The van der Waals surface area contributed by atoms with Gasteiger partial charge >= 0.3 is 0 Å². The largest absolute Gasteiger partial charge is 0.339 e. The van der Waals surface area contributed by atoms with Crippen molar-refractivity contribution in [2.45, 2.75) is 26.3 Å². The Balaban J connectivity index is 1.46. The Morgan fingerprint density at radius 2 is 2.00 bits per heavy atom. The zero-order chi connectivity index (χ0) is 17.2. The van der Waals surface area contributed by atoms with Gasteiger partial charge in [-0.05, 0) is 43.9 Å². The van der Waals surface area contributed by atoms with E-state index >= 15 is 0 Å². The third-order valence-electron chi connectivity index (χ3n) is 5.05. The van der Waals surface area contributed by atoms with E-state index in [-0.39, 0.29) is 5.91 Å². The second-order valence-corrected chi connectivity index (χ2v) is 6.78. The molecular weight excluding hydrogens is 312 g/mol. The highest BCUT2D eigenvalue weighted by molar-refractivity contribution is 5.98. The van der Waals surface area contributed by atoms with Crippen LogP contribution in [0.2, 0.25) is 0 Å². The molecule has 0 bridgehead atoms. The van der Waals surface area contributed by atoms with Gasteiger partial charge < -0.3 is 4.90 Å². The second kappa shape index (κ2) is 6.67. The maximum absolute atomic E-state index is 13.0. The first-order valence-corrected chi connectivity index (χ1v) is 8.84. The average Bonchev–Trinajstić information content (AvgIpc) is 3.14. The minimum Gasteiger partial charge on any atom is -0.339 e. The summed E-state index contributed by atoms with van der Waals surface area (Å²) in [5.41, 5.74) is 2.47. The molecule has 1 aliphatic rings. The van der Waals surface area contributed by atoms with Crippen molar-refractivity contribution in [1.82, 2.24) is 19.7 Å². The van der Waals surface area contributed by atoms with Gasteiger partial charge in [-0.3, -0.25) is 14.5 Å². The van der Waals surface area contributed by atoms with Crippen molar-refractivity contribution in [2.75, 3.05) is 13.1 Å². The lowest BCUT2D eigenvalue weighted by atomic mass is 9.96. The Hall–Kier alpha value is -2.69. The van der Waals surface area contributed by atoms with E-state index in [2.05, 4.69) is 10.1 Å². The van der Waals surface area contributed by atoms with Crippen LogP contribution >= 0.6 is 0 Å². The molecule has 128 valence electrons. The number of carbonyl (C=O) groups excluding carboxylic acids is 1. The number of fused-ring (bicyclic) bond motifs is 1. The molecule has 1 amide bonds. The van der Waals surface area contributed by atoms with Crippen LogP contribution < -0.4 is 0 Å². The Labute approximate surface area is 147 Å². The lowest BCUT2D eigenvalue weighted by Gasteiger charge is -2.32. The van der Waals surface area contributed by atoms with E-state index in [0.29, 0.717) is 5.92 Å². The quantitative estimate of drug-likeness (QED) is 0.738. The molecule has 0 atom stereocenters. The Morgan fingerprint density at radius 1 is 1.20 bits per heavy atom. The summed E-state index contributed by atoms with van der Waals surface area (Å²) in [5, 5.41) is 5.30. The van der Waals surface area contributed by atoms with Crippen LogP contribution in [0, 0.1) is 12.8 Å². The van der Waals surface area contributed by atoms with Gasteiger partial charge in [-0.25, -0.2) is 0 Å². The van der Waals surface area contributed by atoms with E-state index in [1.165, 1.54) is 0 Å². The first kappa shape index (κ1) is 15.8. The number of aromatic nitrogens is 3. The first-order chi connectivity index (χ1) is 12.2. The molecule has 0 radical (unpaired) electrons. The fraction of sp³-hybridized carbons (Fsp3) is 0.350. The topological polar surface area (TPSA) is 51.0 Å². The van der Waals surface area contributed by atoms with Crippen molar-refractivity contribution in [2.24, 2.45) is 5.92 Å². The predicted octanol–water partition coefficient (Wildman–Crippen LogP) is 3.29. The van der Waals surface area contributed by atoms with E-state index in [1.54, 1.807) is 0 Å². The normalized spacial score (nSPS) is 15.6. The summed E-state index contributed by atoms with van der Waals surface area (Å²) < 4.78 is 1.99. The number of hydrogen-bond acceptors (Lipinski definition) is 3. The highest BCUT2D eigenvalue weighted by Crippen LogP contribution is 2.23. The number of amides is 1. The smallest absolute Gasteiger partial charge is 0.255 e. The van der Waals surface area contributed by atoms with Gasteiger partial charge in [0.05, 0.1) is 16.8 Å². The van der Waals surface area contributed by atoms with E-state index < -0.39 is 0 Å². The summed E-state index contributed by atoms with van der Waals surface area (Å²) in [6.07, 6.45) is 5.85. The van der Waals surface area contributed by atoms with Crippen molar-refractivity contribution >= 4 is 16.8 Å². The van der Waals surface area contributed by atoms with Crippen LogP contribution in [-0.4, -0.2) is 38.7 Å². The number of piperidine rings is 1. The van der Waals surface area contributed by atoms with Crippen LogP contribution in [0.25, 0.3) is 10.9 Å². The van der Waals surface area contributed by atoms with Gasteiger partial charge in [-0.2, -0.15) is 5.10 Å². The number of nitrogens with zero attached hydrogens (tertiary/aromatic N) is 4. The van der Waals surface area contributed by atoms with Gasteiger partial charge in [0, 0.05) is 37.4 Å². The van der Waals surface area contributed by atoms with E-state index in [9.17, 15) is 4.79 Å². The second-order valence-electron chi connectivity index (χ2n) is 6.78. The van der Waals surface area contributed by atoms with Crippen molar-refractivity contribution in [3.63, 3.8) is 0 Å². The van der Waals surface area contributed by atoms with Crippen molar-refractivity contribution in [3.05, 3.63) is 60.0 Å². The molecule has 1 aliphatic heterocycles. The summed E-state index contributed by atoms with van der Waals surface area (Å²) in [4.78, 5) is 19.5. The fourth-order valence-corrected chi connectivity index (χ4v) is 3.59. The van der Waals surface area contributed by atoms with Gasteiger partial charge in [0.15, 0.2) is 0 Å². The molecule has 0 N–H and O–H groups in total. The van der Waals surface area contributed by atoms with Gasteiger partial charge in [-0.15, -0.1) is 0 Å². The number of rotatable bonds is 3. The van der Waals surface area contributed by atoms with Gasteiger partial charge in [0.25, 0.3) is 5.91 Å². The number of aryl methyl sites for hydroxylation is 1. The minimum atomic E-state index is 0.105. The van der Waals surface area contributed by atoms with Crippen LogP contribution in [0.4, 0.5) is 0 Å². The van der Waals surface area contributed by atoms with E-state index in [4.69, 9.17) is 0 Å². The van der Waals surface area contributed by atoms with Gasteiger partial charge in [0.2, 0.25) is 0 Å². The summed E-state index contributed by atoms with van der Waals surface area (Å²) in [6, 6.07) is 11.9. The number of hydrogen-bond donors (Lipinski definition) is 0. The van der Waals surface area contributed by atoms with E-state index in [1.807, 2.05) is 65.3 Å². The average molecular weight is 334 g/mol. The van der Waals surface area contributed by atoms with E-state index in [0.717, 1.165) is 54.6 Å². The molecule has 2 aromatic heterocycles. The van der Waals surface area contributed by atoms with Crippen molar-refractivity contribution < 1.29 is 4.79 Å². The van der Waals surface area contributed by atoms with Crippen molar-refractivity contribution in [3.8, 4) is 0 Å². The van der Waals surface area contributed by atoms with Crippen LogP contribution in [0.15, 0.2) is 48.8 Å². The van der Waals surface area contributed by atoms with Gasteiger partial charge in [0.1, 0.15) is 0 Å². The summed E-state index contributed by atoms with van der Waals surface area (Å²) in [5.74, 6) is 0.688. The lowest BCUT2D eigenvalue weighted by molar-refractivity contribution is 0.0680. The summed E-state index contributed by atoms with van der Waals surface area (Å²) in [6.45, 7) is 4.46. The monoisotopic (exact) mass is 334 g/mol. The van der Waals surface area contributed by atoms with Crippen LogP contribution in [0.1, 0.15) is 28.9 Å². The molecule has 5 nitrogen and oxygen atoms in total. The molecule has 1 aromatic carbocycles. The SMILES string of the molecule is Cc1nc2ccccc2cc1C(=O)N1CCC(Cn2cccn2)CC1. The maximum atomic E-state index is 13.0. The Kier molecular flexibility index (Phi) is 4.22. The molecule has 0 saturated carbocycles. The molecule has 0 spiro atoms. The molecule has 5 heteroatoms. The van der Waals surface area contributed by atoms with Crippen molar-refractivity contribution in [1.29, 1.82) is 0 Å². The number of para-hydroxylation sites is 1. The number of benzene rings is 1. The molecular formula is C20H22N4O. The molecule has 1 fully saturated rings. The molecule has 0 aliphatic carbocycles. The molecule has 25 heavy (non-hydrogen) atoms. The Morgan fingerprint density at radius 3 is 2.76 bits per heavy atom. The molecule has 1 saturated heterocycles. The third kappa shape index (κ3) is 3.27. The molecule has 3 heterocycles. The maximum Gasteiger partial charge on any atom is 0.255 e. The fourth-order valence-electron chi connectivity index (χ4n) is 3.59. The summed E-state index contributed by atoms with van der Waals surface area (Å²) >= 11 is 0. The minimum absolute atomic E-state index is 0.105. The zero-order valence-electron chi connectivity index (χ0n) is 14.4. The molecule has 3 aromatic rings. The zero-order valence-corrected chi connectivity index (χ0v) is 14.4. The standard InChI is InChI=1S/C20H22N4O/c1-15-18(13-17-5-2-3-6-19(17)22-15)20(25)23-11-7-16(8-12-23)14-24-10-4-9-21-24/h2-6,9-10,13,16H,7-8,11-12,14H2,1H3. The highest BCUT2D eigenvalue weighted by atomic mass is 16.2. The first-order valence-electron chi connectivity index (χ1n) is 8.84. The predicted molar refractivity (Wildman–Crippen MR) is 97.3 cm³/mol. The van der Waals surface area contributed by atoms with Crippen LogP contribution in [0.3, 0.4) is 0 Å². The lowest BCUT2D eigenvalue weighted by Crippen LogP contribution is -2.39. The number of likely N-dealkylation sites (tertiary alicyclic amines) is 1.